The average Bonchev–Trinajstić information content (AvgIpc) is 2.30. The minimum atomic E-state index is 0.579. The lowest BCUT2D eigenvalue weighted by molar-refractivity contribution is 0.222. The maximum Gasteiger partial charge on any atom is 0.0416 e. The zero-order valence-corrected chi connectivity index (χ0v) is 10.4. The fourth-order valence-electron chi connectivity index (χ4n) is 1.73. The van der Waals surface area contributed by atoms with Crippen LogP contribution in [0.25, 0.3) is 0 Å². The highest BCUT2D eigenvalue weighted by Gasteiger charge is 2.08. The molecule has 0 radical (unpaired) electrons. The molecule has 90 valence electrons. The van der Waals surface area contributed by atoms with Gasteiger partial charge in [0.05, 0.1) is 0 Å². The third-order valence-corrected chi connectivity index (χ3v) is 2.76. The van der Waals surface area contributed by atoms with Gasteiger partial charge in [-0.3, -0.25) is 4.98 Å². The van der Waals surface area contributed by atoms with Crippen LogP contribution in [0.15, 0.2) is 24.4 Å². The summed E-state index contributed by atoms with van der Waals surface area (Å²) in [5.74, 6) is 0. The van der Waals surface area contributed by atoms with Crippen LogP contribution in [0, 0.1) is 0 Å². The van der Waals surface area contributed by atoms with E-state index in [-0.39, 0.29) is 0 Å². The van der Waals surface area contributed by atoms with Crippen molar-refractivity contribution in [1.29, 1.82) is 0 Å². The fourth-order valence-corrected chi connectivity index (χ4v) is 1.73. The first-order chi connectivity index (χ1) is 7.74. The molecule has 16 heavy (non-hydrogen) atoms. The Morgan fingerprint density at radius 3 is 2.69 bits per heavy atom. The summed E-state index contributed by atoms with van der Waals surface area (Å²) in [6.45, 7) is 7.38. The van der Waals surface area contributed by atoms with E-state index in [2.05, 4.69) is 29.8 Å². The number of hydrogen-bond donors (Lipinski definition) is 1. The van der Waals surface area contributed by atoms with Crippen molar-refractivity contribution in [2.75, 3.05) is 19.6 Å². The largest absolute Gasteiger partial charge is 0.330 e. The summed E-state index contributed by atoms with van der Waals surface area (Å²) in [5, 5.41) is 0. The van der Waals surface area contributed by atoms with Crippen molar-refractivity contribution in [3.8, 4) is 0 Å². The maximum atomic E-state index is 5.55. The highest BCUT2D eigenvalue weighted by atomic mass is 15.1. The Morgan fingerprint density at radius 1 is 1.31 bits per heavy atom. The van der Waals surface area contributed by atoms with E-state index in [9.17, 15) is 0 Å². The zero-order chi connectivity index (χ0) is 11.8. The number of rotatable bonds is 7. The molecule has 1 rings (SSSR count). The Hall–Kier alpha value is -0.930. The van der Waals surface area contributed by atoms with E-state index in [1.807, 2.05) is 18.3 Å². The first-order valence-electron chi connectivity index (χ1n) is 6.08. The monoisotopic (exact) mass is 221 g/mol. The molecule has 0 aliphatic carbocycles. The molecule has 0 fully saturated rings. The van der Waals surface area contributed by atoms with Crippen LogP contribution < -0.4 is 5.73 Å². The first kappa shape index (κ1) is 13.1. The van der Waals surface area contributed by atoms with Gasteiger partial charge in [-0.15, -0.1) is 0 Å². The van der Waals surface area contributed by atoms with Gasteiger partial charge in [0.2, 0.25) is 0 Å². The standard InChI is InChI=1S/C13H23N3/c1-12(2)16(10-5-8-14)11-7-13-6-3-4-9-15-13/h3-4,6,9,12H,5,7-8,10-11,14H2,1-2H3. The number of nitrogens with two attached hydrogens (primary N) is 1. The van der Waals surface area contributed by atoms with E-state index in [4.69, 9.17) is 5.73 Å². The van der Waals surface area contributed by atoms with Crippen LogP contribution in [0.1, 0.15) is 26.0 Å². The van der Waals surface area contributed by atoms with E-state index in [0.717, 1.165) is 32.5 Å². The minimum absolute atomic E-state index is 0.579. The first-order valence-corrected chi connectivity index (χ1v) is 6.08. The summed E-state index contributed by atoms with van der Waals surface area (Å²) in [6.07, 6.45) is 3.94. The van der Waals surface area contributed by atoms with Crippen molar-refractivity contribution in [3.05, 3.63) is 30.1 Å². The second-order valence-electron chi connectivity index (χ2n) is 4.34. The van der Waals surface area contributed by atoms with Crippen molar-refractivity contribution in [2.45, 2.75) is 32.7 Å². The van der Waals surface area contributed by atoms with Crippen LogP contribution in [-0.4, -0.2) is 35.6 Å². The molecule has 0 spiro atoms. The summed E-state index contributed by atoms with van der Waals surface area (Å²) < 4.78 is 0. The Balaban J connectivity index is 2.38. The smallest absolute Gasteiger partial charge is 0.0416 e. The van der Waals surface area contributed by atoms with Gasteiger partial charge in [0, 0.05) is 30.9 Å². The quantitative estimate of drug-likeness (QED) is 0.762. The molecule has 1 aromatic rings. The summed E-state index contributed by atoms with van der Waals surface area (Å²) >= 11 is 0. The third kappa shape index (κ3) is 4.73. The molecular formula is C13H23N3. The molecule has 0 unspecified atom stereocenters. The van der Waals surface area contributed by atoms with Crippen LogP contribution in [-0.2, 0) is 6.42 Å². The number of aromatic nitrogens is 1. The maximum absolute atomic E-state index is 5.55. The topological polar surface area (TPSA) is 42.1 Å². The molecule has 0 aliphatic heterocycles. The minimum Gasteiger partial charge on any atom is -0.330 e. The normalized spacial score (nSPS) is 11.3. The van der Waals surface area contributed by atoms with Crippen LogP contribution in [0.5, 0.6) is 0 Å². The SMILES string of the molecule is CC(C)N(CCCN)CCc1ccccn1. The predicted octanol–water partition coefficient (Wildman–Crippen LogP) is 1.68. The summed E-state index contributed by atoms with van der Waals surface area (Å²) in [4.78, 5) is 6.80. The van der Waals surface area contributed by atoms with Crippen LogP contribution in [0.3, 0.4) is 0 Å². The summed E-state index contributed by atoms with van der Waals surface area (Å²) in [7, 11) is 0. The number of pyridine rings is 1. The molecule has 0 saturated heterocycles. The van der Waals surface area contributed by atoms with Gasteiger partial charge in [0.15, 0.2) is 0 Å². The van der Waals surface area contributed by atoms with Gasteiger partial charge < -0.3 is 10.6 Å². The van der Waals surface area contributed by atoms with Gasteiger partial charge in [0.1, 0.15) is 0 Å². The van der Waals surface area contributed by atoms with Gasteiger partial charge in [-0.25, -0.2) is 0 Å². The third-order valence-electron chi connectivity index (χ3n) is 2.76. The molecule has 0 atom stereocenters. The molecule has 0 amide bonds. The van der Waals surface area contributed by atoms with Gasteiger partial charge in [0.25, 0.3) is 0 Å². The Bertz CT molecular complexity index is 272. The van der Waals surface area contributed by atoms with Gasteiger partial charge in [-0.05, 0) is 45.5 Å². The molecule has 1 aromatic heterocycles. The fraction of sp³-hybridized carbons (Fsp3) is 0.615. The Morgan fingerprint density at radius 2 is 2.12 bits per heavy atom. The lowest BCUT2D eigenvalue weighted by Gasteiger charge is -2.26. The van der Waals surface area contributed by atoms with Crippen molar-refractivity contribution in [1.82, 2.24) is 9.88 Å². The molecule has 3 heteroatoms. The van der Waals surface area contributed by atoms with Crippen LogP contribution in [0.4, 0.5) is 0 Å². The van der Waals surface area contributed by atoms with Gasteiger partial charge >= 0.3 is 0 Å². The predicted molar refractivity (Wildman–Crippen MR) is 68.3 cm³/mol. The van der Waals surface area contributed by atoms with E-state index >= 15 is 0 Å². The molecular weight excluding hydrogens is 198 g/mol. The lowest BCUT2D eigenvalue weighted by Crippen LogP contribution is -2.34. The molecule has 2 N–H and O–H groups in total. The average molecular weight is 221 g/mol. The van der Waals surface area contributed by atoms with Gasteiger partial charge in [-0.2, -0.15) is 0 Å². The molecule has 0 aromatic carbocycles. The summed E-state index contributed by atoms with van der Waals surface area (Å²) in [5.41, 5.74) is 6.71. The van der Waals surface area contributed by atoms with Crippen LogP contribution in [0.2, 0.25) is 0 Å². The van der Waals surface area contributed by atoms with Crippen molar-refractivity contribution in [3.63, 3.8) is 0 Å². The second kappa shape index (κ2) is 7.36. The molecule has 1 heterocycles. The molecule has 0 saturated carbocycles. The Kier molecular flexibility index (Phi) is 6.04. The van der Waals surface area contributed by atoms with E-state index < -0.39 is 0 Å². The molecule has 0 bridgehead atoms. The van der Waals surface area contributed by atoms with E-state index in [1.165, 1.54) is 5.69 Å². The molecule has 0 aliphatic rings. The number of nitrogens with zero attached hydrogens (tertiary/aromatic N) is 2. The van der Waals surface area contributed by atoms with Crippen molar-refractivity contribution >= 4 is 0 Å². The second-order valence-corrected chi connectivity index (χ2v) is 4.34. The lowest BCUT2D eigenvalue weighted by atomic mass is 10.2. The highest BCUT2D eigenvalue weighted by Crippen LogP contribution is 2.03. The van der Waals surface area contributed by atoms with E-state index in [0.29, 0.717) is 6.04 Å². The Labute approximate surface area is 98.7 Å². The van der Waals surface area contributed by atoms with Gasteiger partial charge in [-0.1, -0.05) is 6.07 Å². The van der Waals surface area contributed by atoms with Crippen molar-refractivity contribution < 1.29 is 0 Å². The zero-order valence-electron chi connectivity index (χ0n) is 10.4. The van der Waals surface area contributed by atoms with Crippen molar-refractivity contribution in [2.24, 2.45) is 5.73 Å². The summed E-state index contributed by atoms with van der Waals surface area (Å²) in [6, 6.07) is 6.66. The highest BCUT2D eigenvalue weighted by molar-refractivity contribution is 5.03. The molecule has 3 nitrogen and oxygen atoms in total. The van der Waals surface area contributed by atoms with E-state index in [1.54, 1.807) is 0 Å². The number of hydrogen-bond acceptors (Lipinski definition) is 3. The van der Waals surface area contributed by atoms with Crippen LogP contribution >= 0.6 is 0 Å².